The zero-order valence-corrected chi connectivity index (χ0v) is 10.2. The van der Waals surface area contributed by atoms with Crippen molar-refractivity contribution in [3.05, 3.63) is 20.8 Å². The van der Waals surface area contributed by atoms with Gasteiger partial charge in [0.1, 0.15) is 0 Å². The Morgan fingerprint density at radius 3 is 2.69 bits per heavy atom. The average Bonchev–Trinajstić information content (AvgIpc) is 2.51. The maximum atomic E-state index is 8.87. The van der Waals surface area contributed by atoms with Gasteiger partial charge in [-0.05, 0) is 41.9 Å². The molecule has 2 N–H and O–H groups in total. The lowest BCUT2D eigenvalue weighted by atomic mass is 10.2. The molecule has 0 aliphatic heterocycles. The first-order chi connectivity index (χ1) is 6.13. The van der Waals surface area contributed by atoms with E-state index in [1.165, 1.54) is 4.88 Å². The van der Waals surface area contributed by atoms with Gasteiger partial charge in [-0.3, -0.25) is 0 Å². The molecule has 0 saturated heterocycles. The highest BCUT2D eigenvalue weighted by atomic mass is 79.9. The van der Waals surface area contributed by atoms with Gasteiger partial charge in [0.15, 0.2) is 0 Å². The standard InChI is InChI=1S/C9H14BrNOS/c1-6(5-12)11-7(2)8-3-4-9(10)13-8/h3-4,6-7,11-12H,5H2,1-2H3/t6-,7?/m1/s1. The summed E-state index contributed by atoms with van der Waals surface area (Å²) in [7, 11) is 0. The summed E-state index contributed by atoms with van der Waals surface area (Å²) in [5.41, 5.74) is 0. The lowest BCUT2D eigenvalue weighted by Crippen LogP contribution is -2.31. The van der Waals surface area contributed by atoms with Crippen LogP contribution in [0.25, 0.3) is 0 Å². The Morgan fingerprint density at radius 2 is 2.23 bits per heavy atom. The molecule has 2 atom stereocenters. The van der Waals surface area contributed by atoms with Gasteiger partial charge in [-0.1, -0.05) is 0 Å². The van der Waals surface area contributed by atoms with Crippen LogP contribution in [0.2, 0.25) is 0 Å². The third kappa shape index (κ3) is 3.38. The highest BCUT2D eigenvalue weighted by Crippen LogP contribution is 2.27. The predicted octanol–water partition coefficient (Wildman–Crippen LogP) is 2.54. The number of rotatable bonds is 4. The first-order valence-electron chi connectivity index (χ1n) is 4.25. The van der Waals surface area contributed by atoms with Crippen molar-refractivity contribution in [3.8, 4) is 0 Å². The molecule has 0 bridgehead atoms. The largest absolute Gasteiger partial charge is 0.395 e. The number of hydrogen-bond donors (Lipinski definition) is 2. The summed E-state index contributed by atoms with van der Waals surface area (Å²) < 4.78 is 1.15. The Balaban J connectivity index is 2.53. The monoisotopic (exact) mass is 263 g/mol. The van der Waals surface area contributed by atoms with E-state index in [0.29, 0.717) is 6.04 Å². The molecular weight excluding hydrogens is 250 g/mol. The fraction of sp³-hybridized carbons (Fsp3) is 0.556. The van der Waals surface area contributed by atoms with Crippen LogP contribution in [0, 0.1) is 0 Å². The second-order valence-electron chi connectivity index (χ2n) is 3.11. The molecule has 0 aliphatic carbocycles. The van der Waals surface area contributed by atoms with E-state index in [1.807, 2.05) is 13.0 Å². The molecule has 13 heavy (non-hydrogen) atoms. The number of aliphatic hydroxyl groups is 1. The van der Waals surface area contributed by atoms with E-state index in [-0.39, 0.29) is 12.6 Å². The number of aliphatic hydroxyl groups excluding tert-OH is 1. The summed E-state index contributed by atoms with van der Waals surface area (Å²) >= 11 is 5.15. The maximum absolute atomic E-state index is 8.87. The van der Waals surface area contributed by atoms with Crippen molar-refractivity contribution in [2.75, 3.05) is 6.61 Å². The van der Waals surface area contributed by atoms with E-state index in [9.17, 15) is 0 Å². The normalized spacial score (nSPS) is 15.7. The van der Waals surface area contributed by atoms with Gasteiger partial charge in [-0.15, -0.1) is 11.3 Å². The smallest absolute Gasteiger partial charge is 0.0701 e. The van der Waals surface area contributed by atoms with Crippen LogP contribution in [0.1, 0.15) is 24.8 Å². The van der Waals surface area contributed by atoms with Crippen LogP contribution in [0.15, 0.2) is 15.9 Å². The molecule has 0 fully saturated rings. The van der Waals surface area contributed by atoms with Crippen LogP contribution in [0.4, 0.5) is 0 Å². The minimum atomic E-state index is 0.149. The Morgan fingerprint density at radius 1 is 1.54 bits per heavy atom. The van der Waals surface area contributed by atoms with Gasteiger partial charge in [0, 0.05) is 17.0 Å². The van der Waals surface area contributed by atoms with Gasteiger partial charge < -0.3 is 10.4 Å². The van der Waals surface area contributed by atoms with E-state index < -0.39 is 0 Å². The lowest BCUT2D eigenvalue weighted by molar-refractivity contribution is 0.243. The molecule has 1 heterocycles. The molecule has 74 valence electrons. The van der Waals surface area contributed by atoms with Crippen LogP contribution in [0.5, 0.6) is 0 Å². The van der Waals surface area contributed by atoms with Gasteiger partial charge in [0.2, 0.25) is 0 Å². The number of thiophene rings is 1. The van der Waals surface area contributed by atoms with Crippen molar-refractivity contribution in [1.29, 1.82) is 0 Å². The van der Waals surface area contributed by atoms with Crippen molar-refractivity contribution >= 4 is 27.3 Å². The second-order valence-corrected chi connectivity index (χ2v) is 5.61. The van der Waals surface area contributed by atoms with Crippen molar-refractivity contribution in [3.63, 3.8) is 0 Å². The van der Waals surface area contributed by atoms with Gasteiger partial charge >= 0.3 is 0 Å². The Hall–Kier alpha value is 0.1000. The molecule has 0 aromatic carbocycles. The molecule has 1 unspecified atom stereocenters. The van der Waals surface area contributed by atoms with E-state index >= 15 is 0 Å². The molecule has 4 heteroatoms. The summed E-state index contributed by atoms with van der Waals surface area (Å²) in [6, 6.07) is 4.59. The SMILES string of the molecule is CC(N[C@H](C)CO)c1ccc(Br)s1. The van der Waals surface area contributed by atoms with Crippen molar-refractivity contribution in [2.45, 2.75) is 25.9 Å². The summed E-state index contributed by atoms with van der Waals surface area (Å²) in [6.07, 6.45) is 0. The van der Waals surface area contributed by atoms with Crippen molar-refractivity contribution < 1.29 is 5.11 Å². The molecule has 0 amide bonds. The van der Waals surface area contributed by atoms with E-state index in [0.717, 1.165) is 3.79 Å². The van der Waals surface area contributed by atoms with Crippen LogP contribution < -0.4 is 5.32 Å². The number of halogens is 1. The summed E-state index contributed by atoms with van der Waals surface area (Å²) in [5, 5.41) is 12.2. The van der Waals surface area contributed by atoms with Crippen LogP contribution >= 0.6 is 27.3 Å². The molecule has 0 saturated carbocycles. The van der Waals surface area contributed by atoms with Crippen LogP contribution in [-0.2, 0) is 0 Å². The third-order valence-corrected chi connectivity index (χ3v) is 3.64. The molecular formula is C9H14BrNOS. The summed E-state index contributed by atoms with van der Waals surface area (Å²) in [6.45, 7) is 4.25. The first-order valence-corrected chi connectivity index (χ1v) is 5.86. The first kappa shape index (κ1) is 11.2. The minimum Gasteiger partial charge on any atom is -0.395 e. The Kier molecular flexibility index (Phi) is 4.38. The van der Waals surface area contributed by atoms with Gasteiger partial charge in [-0.25, -0.2) is 0 Å². The van der Waals surface area contributed by atoms with Gasteiger partial charge in [-0.2, -0.15) is 0 Å². The van der Waals surface area contributed by atoms with Crippen LogP contribution in [-0.4, -0.2) is 17.8 Å². The highest BCUT2D eigenvalue weighted by molar-refractivity contribution is 9.11. The molecule has 0 aliphatic rings. The summed E-state index contributed by atoms with van der Waals surface area (Å²) in [5.74, 6) is 0. The average molecular weight is 264 g/mol. The van der Waals surface area contributed by atoms with Crippen molar-refractivity contribution in [2.24, 2.45) is 0 Å². The molecule has 2 nitrogen and oxygen atoms in total. The fourth-order valence-corrected chi connectivity index (χ4v) is 2.56. The fourth-order valence-electron chi connectivity index (χ4n) is 1.12. The number of hydrogen-bond acceptors (Lipinski definition) is 3. The van der Waals surface area contributed by atoms with Crippen molar-refractivity contribution in [1.82, 2.24) is 5.32 Å². The van der Waals surface area contributed by atoms with Gasteiger partial charge in [0.05, 0.1) is 10.4 Å². The molecule has 1 aromatic heterocycles. The molecule has 1 aromatic rings. The van der Waals surface area contributed by atoms with E-state index in [4.69, 9.17) is 5.11 Å². The lowest BCUT2D eigenvalue weighted by Gasteiger charge is -2.16. The quantitative estimate of drug-likeness (QED) is 0.876. The third-order valence-electron chi connectivity index (χ3n) is 1.83. The number of nitrogens with one attached hydrogen (secondary N) is 1. The molecule has 0 spiro atoms. The molecule has 1 rings (SSSR count). The summed E-state index contributed by atoms with van der Waals surface area (Å²) in [4.78, 5) is 1.28. The second kappa shape index (κ2) is 5.10. The van der Waals surface area contributed by atoms with E-state index in [2.05, 4.69) is 34.2 Å². The zero-order chi connectivity index (χ0) is 9.84. The van der Waals surface area contributed by atoms with Crippen LogP contribution in [0.3, 0.4) is 0 Å². The van der Waals surface area contributed by atoms with E-state index in [1.54, 1.807) is 11.3 Å². The topological polar surface area (TPSA) is 32.3 Å². The molecule has 0 radical (unpaired) electrons. The maximum Gasteiger partial charge on any atom is 0.0701 e. The van der Waals surface area contributed by atoms with Gasteiger partial charge in [0.25, 0.3) is 0 Å². The Bertz CT molecular complexity index is 264. The minimum absolute atomic E-state index is 0.149. The zero-order valence-electron chi connectivity index (χ0n) is 7.75. The Labute approximate surface area is 91.1 Å². The predicted molar refractivity (Wildman–Crippen MR) is 60.1 cm³/mol. The highest BCUT2D eigenvalue weighted by Gasteiger charge is 2.10.